The van der Waals surface area contributed by atoms with E-state index in [0.29, 0.717) is 6.04 Å². The predicted octanol–water partition coefficient (Wildman–Crippen LogP) is 3.54. The molecule has 0 aliphatic heterocycles. The van der Waals surface area contributed by atoms with Crippen molar-refractivity contribution in [3.05, 3.63) is 36.5 Å². The summed E-state index contributed by atoms with van der Waals surface area (Å²) in [5.41, 5.74) is 2.69. The third-order valence-electron chi connectivity index (χ3n) is 4.17. The molecular formula is C17H22N4O. The lowest BCUT2D eigenvalue weighted by Crippen LogP contribution is -2.39. The Balaban J connectivity index is 1.71. The Morgan fingerprint density at radius 2 is 1.91 bits per heavy atom. The topological polar surface area (TPSA) is 59.0 Å². The predicted molar refractivity (Wildman–Crippen MR) is 87.7 cm³/mol. The molecule has 1 fully saturated rings. The van der Waals surface area contributed by atoms with Crippen LogP contribution in [-0.4, -0.2) is 21.9 Å². The highest BCUT2D eigenvalue weighted by Gasteiger charge is 2.18. The second-order valence-corrected chi connectivity index (χ2v) is 5.83. The number of rotatable bonds is 3. The average molecular weight is 298 g/mol. The van der Waals surface area contributed by atoms with Gasteiger partial charge in [0.15, 0.2) is 0 Å². The normalized spacial score (nSPS) is 15.5. The molecule has 2 amide bonds. The Morgan fingerprint density at radius 3 is 2.64 bits per heavy atom. The van der Waals surface area contributed by atoms with Gasteiger partial charge >= 0.3 is 6.03 Å². The van der Waals surface area contributed by atoms with Crippen molar-refractivity contribution in [1.29, 1.82) is 0 Å². The minimum atomic E-state index is -0.142. The first-order valence-electron chi connectivity index (χ1n) is 7.89. The molecule has 2 aromatic rings. The molecule has 1 aromatic heterocycles. The summed E-state index contributed by atoms with van der Waals surface area (Å²) >= 11 is 0. The molecule has 5 nitrogen and oxygen atoms in total. The lowest BCUT2D eigenvalue weighted by molar-refractivity contribution is 0.244. The third-order valence-corrected chi connectivity index (χ3v) is 4.17. The van der Waals surface area contributed by atoms with Crippen molar-refractivity contribution in [3.8, 4) is 11.3 Å². The van der Waals surface area contributed by atoms with Crippen molar-refractivity contribution in [1.82, 2.24) is 15.1 Å². The minimum Gasteiger partial charge on any atom is -0.335 e. The fourth-order valence-electron chi connectivity index (χ4n) is 3.06. The number of carbonyl (C=O) groups excluding carboxylic acids is 1. The molecule has 1 saturated carbocycles. The van der Waals surface area contributed by atoms with E-state index in [9.17, 15) is 4.79 Å². The van der Waals surface area contributed by atoms with E-state index < -0.39 is 0 Å². The van der Waals surface area contributed by atoms with Crippen LogP contribution in [0.2, 0.25) is 0 Å². The van der Waals surface area contributed by atoms with Crippen LogP contribution in [0.1, 0.15) is 32.1 Å². The first-order chi connectivity index (χ1) is 10.7. The van der Waals surface area contributed by atoms with Gasteiger partial charge in [0, 0.05) is 18.7 Å². The SMILES string of the molecule is Cn1ncc(NC(=O)NC2CCCCC2)c1-c1ccccc1. The Kier molecular flexibility index (Phi) is 4.42. The largest absolute Gasteiger partial charge is 0.335 e. The number of aromatic nitrogens is 2. The third kappa shape index (κ3) is 3.30. The summed E-state index contributed by atoms with van der Waals surface area (Å²) in [6.07, 6.45) is 7.53. The average Bonchev–Trinajstić information content (AvgIpc) is 2.89. The monoisotopic (exact) mass is 298 g/mol. The number of anilines is 1. The van der Waals surface area contributed by atoms with Crippen LogP contribution >= 0.6 is 0 Å². The number of nitrogens with zero attached hydrogens (tertiary/aromatic N) is 2. The van der Waals surface area contributed by atoms with Gasteiger partial charge in [-0.3, -0.25) is 4.68 Å². The minimum absolute atomic E-state index is 0.142. The lowest BCUT2D eigenvalue weighted by atomic mass is 9.96. The van der Waals surface area contributed by atoms with Gasteiger partial charge in [-0.15, -0.1) is 0 Å². The molecule has 0 atom stereocenters. The van der Waals surface area contributed by atoms with Crippen LogP contribution in [0, 0.1) is 0 Å². The van der Waals surface area contributed by atoms with Gasteiger partial charge in [0.2, 0.25) is 0 Å². The number of amides is 2. The highest BCUT2D eigenvalue weighted by molar-refractivity contribution is 5.93. The van der Waals surface area contributed by atoms with E-state index in [1.54, 1.807) is 10.9 Å². The molecule has 1 aromatic carbocycles. The van der Waals surface area contributed by atoms with E-state index in [4.69, 9.17) is 0 Å². The molecule has 1 aliphatic carbocycles. The zero-order chi connectivity index (χ0) is 15.4. The molecule has 0 spiro atoms. The summed E-state index contributed by atoms with van der Waals surface area (Å²) in [4.78, 5) is 12.2. The van der Waals surface area contributed by atoms with Crippen molar-refractivity contribution >= 4 is 11.7 Å². The molecular weight excluding hydrogens is 276 g/mol. The van der Waals surface area contributed by atoms with Crippen molar-refractivity contribution in [2.45, 2.75) is 38.1 Å². The molecule has 22 heavy (non-hydrogen) atoms. The van der Waals surface area contributed by atoms with Crippen molar-refractivity contribution in [2.24, 2.45) is 7.05 Å². The zero-order valence-corrected chi connectivity index (χ0v) is 12.9. The van der Waals surface area contributed by atoms with Gasteiger partial charge in [-0.05, 0) is 12.8 Å². The smallest absolute Gasteiger partial charge is 0.319 e. The van der Waals surface area contributed by atoms with Crippen molar-refractivity contribution in [3.63, 3.8) is 0 Å². The van der Waals surface area contributed by atoms with E-state index in [1.807, 2.05) is 37.4 Å². The van der Waals surface area contributed by atoms with Crippen LogP contribution in [0.4, 0.5) is 10.5 Å². The molecule has 5 heteroatoms. The standard InChI is InChI=1S/C17H22N4O/c1-21-16(13-8-4-2-5-9-13)15(12-18-21)20-17(22)19-14-10-6-3-7-11-14/h2,4-5,8-9,12,14H,3,6-7,10-11H2,1H3,(H2,19,20,22). The summed E-state index contributed by atoms with van der Waals surface area (Å²) in [6, 6.07) is 10.1. The molecule has 0 unspecified atom stereocenters. The number of benzene rings is 1. The molecule has 3 rings (SSSR count). The lowest BCUT2D eigenvalue weighted by Gasteiger charge is -2.22. The summed E-state index contributed by atoms with van der Waals surface area (Å²) in [7, 11) is 1.88. The highest BCUT2D eigenvalue weighted by Crippen LogP contribution is 2.27. The summed E-state index contributed by atoms with van der Waals surface area (Å²) in [5.74, 6) is 0. The first-order valence-corrected chi connectivity index (χ1v) is 7.89. The summed E-state index contributed by atoms with van der Waals surface area (Å²) in [6.45, 7) is 0. The number of nitrogens with one attached hydrogen (secondary N) is 2. The maximum Gasteiger partial charge on any atom is 0.319 e. The van der Waals surface area contributed by atoms with E-state index in [-0.39, 0.29) is 6.03 Å². The number of hydrogen-bond acceptors (Lipinski definition) is 2. The van der Waals surface area contributed by atoms with Crippen LogP contribution in [0.5, 0.6) is 0 Å². The molecule has 0 bridgehead atoms. The van der Waals surface area contributed by atoms with Gasteiger partial charge in [-0.2, -0.15) is 5.10 Å². The van der Waals surface area contributed by atoms with Crippen LogP contribution in [0.15, 0.2) is 36.5 Å². The Hall–Kier alpha value is -2.30. The molecule has 0 radical (unpaired) electrons. The van der Waals surface area contributed by atoms with Crippen LogP contribution < -0.4 is 10.6 Å². The van der Waals surface area contributed by atoms with Gasteiger partial charge in [0.25, 0.3) is 0 Å². The van der Waals surface area contributed by atoms with Crippen molar-refractivity contribution < 1.29 is 4.79 Å². The second-order valence-electron chi connectivity index (χ2n) is 5.83. The Bertz CT molecular complexity index is 629. The molecule has 1 aliphatic rings. The van der Waals surface area contributed by atoms with Gasteiger partial charge in [-0.1, -0.05) is 49.6 Å². The first kappa shape index (κ1) is 14.6. The molecule has 116 valence electrons. The Labute approximate surface area is 130 Å². The molecule has 0 saturated heterocycles. The summed E-state index contributed by atoms with van der Waals surface area (Å²) in [5, 5.41) is 10.3. The number of urea groups is 1. The van der Waals surface area contributed by atoms with E-state index >= 15 is 0 Å². The van der Waals surface area contributed by atoms with Crippen LogP contribution in [0.25, 0.3) is 11.3 Å². The zero-order valence-electron chi connectivity index (χ0n) is 12.9. The number of carbonyl (C=O) groups is 1. The molecule has 1 heterocycles. The van der Waals surface area contributed by atoms with E-state index in [1.165, 1.54) is 19.3 Å². The van der Waals surface area contributed by atoms with E-state index in [0.717, 1.165) is 29.8 Å². The molecule has 2 N–H and O–H groups in total. The van der Waals surface area contributed by atoms with Gasteiger partial charge in [-0.25, -0.2) is 4.79 Å². The fourth-order valence-corrected chi connectivity index (χ4v) is 3.06. The van der Waals surface area contributed by atoms with Gasteiger partial charge in [0.05, 0.1) is 17.6 Å². The number of hydrogen-bond donors (Lipinski definition) is 2. The van der Waals surface area contributed by atoms with Gasteiger partial charge in [0.1, 0.15) is 0 Å². The second kappa shape index (κ2) is 6.64. The Morgan fingerprint density at radius 1 is 1.18 bits per heavy atom. The van der Waals surface area contributed by atoms with Crippen LogP contribution in [-0.2, 0) is 7.05 Å². The fraction of sp³-hybridized carbons (Fsp3) is 0.412. The number of aryl methyl sites for hydroxylation is 1. The van der Waals surface area contributed by atoms with Crippen LogP contribution in [0.3, 0.4) is 0 Å². The van der Waals surface area contributed by atoms with Gasteiger partial charge < -0.3 is 10.6 Å². The maximum absolute atomic E-state index is 12.2. The quantitative estimate of drug-likeness (QED) is 0.910. The highest BCUT2D eigenvalue weighted by atomic mass is 16.2. The van der Waals surface area contributed by atoms with Crippen molar-refractivity contribution in [2.75, 3.05) is 5.32 Å². The summed E-state index contributed by atoms with van der Waals surface area (Å²) < 4.78 is 1.78. The maximum atomic E-state index is 12.2. The van der Waals surface area contributed by atoms with E-state index in [2.05, 4.69) is 15.7 Å².